The molecular formula is C25H22N2O3. The number of hydrogen-bond acceptors (Lipinski definition) is 3. The first kappa shape index (κ1) is 19.5. The fourth-order valence-electron chi connectivity index (χ4n) is 3.49. The summed E-state index contributed by atoms with van der Waals surface area (Å²) in [6, 6.07) is 22.1. The second-order valence-electron chi connectivity index (χ2n) is 6.97. The van der Waals surface area contributed by atoms with E-state index < -0.39 is 0 Å². The number of pyridine rings is 1. The van der Waals surface area contributed by atoms with Crippen molar-refractivity contribution in [3.05, 3.63) is 100 Å². The van der Waals surface area contributed by atoms with Gasteiger partial charge in [-0.2, -0.15) is 0 Å². The molecule has 1 amide bonds. The van der Waals surface area contributed by atoms with Crippen LogP contribution in [0.15, 0.2) is 83.8 Å². The molecule has 0 aliphatic heterocycles. The molecule has 0 atom stereocenters. The van der Waals surface area contributed by atoms with Gasteiger partial charge >= 0.3 is 0 Å². The number of carbonyl (C=O) groups is 1. The molecule has 4 aromatic rings. The van der Waals surface area contributed by atoms with Gasteiger partial charge < -0.3 is 10.1 Å². The fraction of sp³-hybridized carbons (Fsp3) is 0.120. The van der Waals surface area contributed by atoms with Gasteiger partial charge in [0, 0.05) is 28.7 Å². The van der Waals surface area contributed by atoms with E-state index in [0.29, 0.717) is 27.8 Å². The molecule has 0 fully saturated rings. The Labute approximate surface area is 174 Å². The van der Waals surface area contributed by atoms with Crippen LogP contribution in [-0.2, 0) is 6.42 Å². The van der Waals surface area contributed by atoms with Crippen LogP contribution in [0.25, 0.3) is 16.5 Å². The number of nitrogens with zero attached hydrogens (tertiary/aromatic N) is 1. The van der Waals surface area contributed by atoms with E-state index in [2.05, 4.69) is 12.2 Å². The smallest absolute Gasteiger partial charge is 0.262 e. The highest BCUT2D eigenvalue weighted by Crippen LogP contribution is 2.21. The third kappa shape index (κ3) is 3.70. The summed E-state index contributed by atoms with van der Waals surface area (Å²) in [5, 5.41) is 4.06. The summed E-state index contributed by atoms with van der Waals surface area (Å²) >= 11 is 0. The molecule has 1 aromatic heterocycles. The van der Waals surface area contributed by atoms with Gasteiger partial charge in [0.2, 0.25) is 0 Å². The summed E-state index contributed by atoms with van der Waals surface area (Å²) < 4.78 is 6.78. The molecule has 0 saturated heterocycles. The number of carbonyl (C=O) groups excluding carboxylic acids is 1. The number of anilines is 1. The molecule has 1 N–H and O–H groups in total. The molecule has 150 valence electrons. The van der Waals surface area contributed by atoms with Crippen LogP contribution in [0.3, 0.4) is 0 Å². The number of hydrogen-bond donors (Lipinski definition) is 1. The first-order valence-electron chi connectivity index (χ1n) is 9.80. The van der Waals surface area contributed by atoms with Crippen molar-refractivity contribution < 1.29 is 9.53 Å². The maximum Gasteiger partial charge on any atom is 0.262 e. The highest BCUT2D eigenvalue weighted by atomic mass is 16.5. The molecule has 5 nitrogen and oxygen atoms in total. The maximum absolute atomic E-state index is 13.2. The molecule has 0 aliphatic rings. The van der Waals surface area contributed by atoms with Gasteiger partial charge in [-0.05, 0) is 42.3 Å². The Hall–Kier alpha value is -3.86. The van der Waals surface area contributed by atoms with Crippen molar-refractivity contribution in [2.45, 2.75) is 13.3 Å². The molecule has 0 bridgehead atoms. The molecule has 0 aliphatic carbocycles. The number of methoxy groups -OCH3 is 1. The average molecular weight is 398 g/mol. The number of rotatable bonds is 5. The van der Waals surface area contributed by atoms with Crippen molar-refractivity contribution in [2.75, 3.05) is 12.4 Å². The number of amides is 1. The fourth-order valence-corrected chi connectivity index (χ4v) is 3.49. The van der Waals surface area contributed by atoms with Crippen molar-refractivity contribution in [3.8, 4) is 11.4 Å². The lowest BCUT2D eigenvalue weighted by atomic mass is 10.1. The average Bonchev–Trinajstić information content (AvgIpc) is 2.79. The monoisotopic (exact) mass is 398 g/mol. The maximum atomic E-state index is 13.2. The third-order valence-electron chi connectivity index (χ3n) is 5.09. The zero-order valence-electron chi connectivity index (χ0n) is 16.9. The number of ether oxygens (including phenoxy) is 1. The van der Waals surface area contributed by atoms with E-state index in [9.17, 15) is 9.59 Å². The second-order valence-corrected chi connectivity index (χ2v) is 6.97. The molecule has 3 aromatic carbocycles. The van der Waals surface area contributed by atoms with Crippen molar-refractivity contribution >= 4 is 22.4 Å². The molecule has 1 heterocycles. The van der Waals surface area contributed by atoms with E-state index in [4.69, 9.17) is 4.74 Å². The van der Waals surface area contributed by atoms with E-state index in [1.54, 1.807) is 37.6 Å². The molecule has 0 spiro atoms. The van der Waals surface area contributed by atoms with Crippen LogP contribution in [0.5, 0.6) is 5.75 Å². The van der Waals surface area contributed by atoms with E-state index >= 15 is 0 Å². The Morgan fingerprint density at radius 3 is 2.50 bits per heavy atom. The van der Waals surface area contributed by atoms with E-state index in [1.807, 2.05) is 48.5 Å². The summed E-state index contributed by atoms with van der Waals surface area (Å²) in [5.74, 6) is 0.367. The van der Waals surface area contributed by atoms with Crippen molar-refractivity contribution in [1.29, 1.82) is 0 Å². The Balaban J connectivity index is 1.85. The van der Waals surface area contributed by atoms with Gasteiger partial charge in [0.25, 0.3) is 11.5 Å². The van der Waals surface area contributed by atoms with Crippen LogP contribution in [-0.4, -0.2) is 17.6 Å². The van der Waals surface area contributed by atoms with Gasteiger partial charge in [-0.3, -0.25) is 14.2 Å². The van der Waals surface area contributed by atoms with E-state index in [1.165, 1.54) is 4.57 Å². The summed E-state index contributed by atoms with van der Waals surface area (Å²) in [6.45, 7) is 2.07. The lowest BCUT2D eigenvalue weighted by Crippen LogP contribution is -2.22. The molecule has 0 saturated carbocycles. The zero-order valence-corrected chi connectivity index (χ0v) is 16.9. The van der Waals surface area contributed by atoms with Crippen LogP contribution >= 0.6 is 0 Å². The molecule has 0 radical (unpaired) electrons. The SMILES string of the molecule is CCc1cccc(NC(=O)c2cn(-c3cccc(OC)c3)c(=O)c3ccccc23)c1. The van der Waals surface area contributed by atoms with E-state index in [0.717, 1.165) is 17.7 Å². The topological polar surface area (TPSA) is 60.3 Å². The Kier molecular flexibility index (Phi) is 5.35. The highest BCUT2D eigenvalue weighted by Gasteiger charge is 2.16. The molecule has 5 heteroatoms. The quantitative estimate of drug-likeness (QED) is 0.525. The first-order valence-corrected chi connectivity index (χ1v) is 9.80. The van der Waals surface area contributed by atoms with Crippen LogP contribution in [0.4, 0.5) is 5.69 Å². The minimum Gasteiger partial charge on any atom is -0.497 e. The first-order chi connectivity index (χ1) is 14.6. The lowest BCUT2D eigenvalue weighted by Gasteiger charge is -2.14. The van der Waals surface area contributed by atoms with E-state index in [-0.39, 0.29) is 11.5 Å². The second kappa shape index (κ2) is 8.25. The minimum atomic E-state index is -0.268. The summed E-state index contributed by atoms with van der Waals surface area (Å²) in [5.41, 5.74) is 2.73. The van der Waals surface area contributed by atoms with Gasteiger partial charge in [0.1, 0.15) is 5.75 Å². The number of benzene rings is 3. The molecular weight excluding hydrogens is 376 g/mol. The molecule has 0 unspecified atom stereocenters. The highest BCUT2D eigenvalue weighted by molar-refractivity contribution is 6.12. The van der Waals surface area contributed by atoms with Crippen LogP contribution in [0.2, 0.25) is 0 Å². The third-order valence-corrected chi connectivity index (χ3v) is 5.09. The van der Waals surface area contributed by atoms with Crippen molar-refractivity contribution in [1.82, 2.24) is 4.57 Å². The largest absolute Gasteiger partial charge is 0.497 e. The Morgan fingerprint density at radius 2 is 1.73 bits per heavy atom. The van der Waals surface area contributed by atoms with Crippen molar-refractivity contribution in [2.24, 2.45) is 0 Å². The van der Waals surface area contributed by atoms with Crippen LogP contribution in [0, 0.1) is 0 Å². The van der Waals surface area contributed by atoms with Gasteiger partial charge in [-0.1, -0.05) is 43.3 Å². The van der Waals surface area contributed by atoms with Gasteiger partial charge in [0.05, 0.1) is 18.4 Å². The summed E-state index contributed by atoms with van der Waals surface area (Å²) in [7, 11) is 1.57. The Bertz CT molecular complexity index is 1290. The Morgan fingerprint density at radius 1 is 0.967 bits per heavy atom. The normalized spacial score (nSPS) is 10.7. The van der Waals surface area contributed by atoms with Crippen LogP contribution < -0.4 is 15.6 Å². The standard InChI is InChI=1S/C25H22N2O3/c1-3-17-8-6-9-18(14-17)26-24(28)23-16-27(19-10-7-11-20(15-19)30-2)25(29)22-13-5-4-12-21(22)23/h4-16H,3H2,1-2H3,(H,26,28). The number of nitrogens with one attached hydrogen (secondary N) is 1. The minimum absolute atomic E-state index is 0.191. The number of fused-ring (bicyclic) bond motifs is 1. The van der Waals surface area contributed by atoms with Gasteiger partial charge in [-0.25, -0.2) is 0 Å². The van der Waals surface area contributed by atoms with Crippen LogP contribution in [0.1, 0.15) is 22.8 Å². The van der Waals surface area contributed by atoms with Gasteiger partial charge in [-0.15, -0.1) is 0 Å². The number of aryl methyl sites for hydroxylation is 1. The lowest BCUT2D eigenvalue weighted by molar-refractivity contribution is 0.102. The number of aromatic nitrogens is 1. The predicted octanol–water partition coefficient (Wildman–Crippen LogP) is 4.81. The van der Waals surface area contributed by atoms with Gasteiger partial charge in [0.15, 0.2) is 0 Å². The predicted molar refractivity (Wildman–Crippen MR) is 120 cm³/mol. The molecule has 30 heavy (non-hydrogen) atoms. The summed E-state index contributed by atoms with van der Waals surface area (Å²) in [6.07, 6.45) is 2.48. The zero-order chi connectivity index (χ0) is 21.1. The molecule has 4 rings (SSSR count). The van der Waals surface area contributed by atoms with Crippen molar-refractivity contribution in [3.63, 3.8) is 0 Å². The summed E-state index contributed by atoms with van der Waals surface area (Å²) in [4.78, 5) is 26.3.